The van der Waals surface area contributed by atoms with Gasteiger partial charge in [-0.1, -0.05) is 13.8 Å². The molecule has 3 heteroatoms. The Morgan fingerprint density at radius 1 is 1.33 bits per heavy atom. The summed E-state index contributed by atoms with van der Waals surface area (Å²) in [5, 5.41) is 3.09. The van der Waals surface area contributed by atoms with Crippen LogP contribution in [0.15, 0.2) is 0 Å². The first-order valence-electron chi connectivity index (χ1n) is 6.24. The fourth-order valence-electron chi connectivity index (χ4n) is 1.72. The van der Waals surface area contributed by atoms with E-state index >= 15 is 0 Å². The van der Waals surface area contributed by atoms with Crippen molar-refractivity contribution < 1.29 is 4.79 Å². The lowest BCUT2D eigenvalue weighted by molar-refractivity contribution is 0.191. The molecule has 0 bridgehead atoms. The molecule has 3 nitrogen and oxygen atoms in total. The Bertz CT molecular complexity index is 232. The van der Waals surface area contributed by atoms with Crippen LogP contribution in [0.3, 0.4) is 0 Å². The van der Waals surface area contributed by atoms with Gasteiger partial charge >= 0.3 is 6.03 Å². The number of carbonyl (C=O) groups excluding carboxylic acids is 1. The second-order valence-corrected chi connectivity index (χ2v) is 5.33. The lowest BCUT2D eigenvalue weighted by Gasteiger charge is -2.23. The van der Waals surface area contributed by atoms with Crippen LogP contribution >= 0.6 is 0 Å². The maximum absolute atomic E-state index is 11.9. The number of urea groups is 1. The van der Waals surface area contributed by atoms with Crippen molar-refractivity contribution in [2.24, 2.45) is 5.92 Å². The molecule has 0 aromatic heterocycles. The minimum absolute atomic E-state index is 0.181. The van der Waals surface area contributed by atoms with Gasteiger partial charge in [0.1, 0.15) is 0 Å². The fourth-order valence-corrected chi connectivity index (χ4v) is 1.72. The fraction of sp³-hybridized carbons (Fsp3) is 0.917. The number of carbonyl (C=O) groups is 1. The molecule has 0 aromatic carbocycles. The van der Waals surface area contributed by atoms with Crippen LogP contribution in [-0.4, -0.2) is 29.6 Å². The minimum atomic E-state index is 0.181. The molecule has 0 spiro atoms. The Hall–Kier alpha value is -0.730. The van der Waals surface area contributed by atoms with E-state index in [1.165, 1.54) is 25.7 Å². The van der Waals surface area contributed by atoms with Gasteiger partial charge in [0.15, 0.2) is 0 Å². The van der Waals surface area contributed by atoms with Crippen LogP contribution in [0.4, 0.5) is 4.79 Å². The Labute approximate surface area is 92.2 Å². The van der Waals surface area contributed by atoms with Crippen LogP contribution in [0.2, 0.25) is 0 Å². The average molecular weight is 210 g/mol. The molecule has 2 saturated carbocycles. The molecular weight excluding hydrogens is 188 g/mol. The molecule has 2 aliphatic rings. The molecule has 2 aliphatic carbocycles. The molecule has 0 atom stereocenters. The van der Waals surface area contributed by atoms with Gasteiger partial charge in [-0.15, -0.1) is 0 Å². The van der Waals surface area contributed by atoms with E-state index in [4.69, 9.17) is 0 Å². The Morgan fingerprint density at radius 3 is 2.47 bits per heavy atom. The third-order valence-corrected chi connectivity index (χ3v) is 3.10. The lowest BCUT2D eigenvalue weighted by Crippen LogP contribution is -2.43. The van der Waals surface area contributed by atoms with Gasteiger partial charge in [-0.25, -0.2) is 4.79 Å². The summed E-state index contributed by atoms with van der Waals surface area (Å²) < 4.78 is 0. The first kappa shape index (κ1) is 10.8. The SMILES string of the molecule is CC(C)CCN(C(=O)NC1CC1)C1CC1. The average Bonchev–Trinajstić information content (AvgIpc) is 2.97. The molecular formula is C12H22N2O. The molecule has 2 fully saturated rings. The van der Waals surface area contributed by atoms with Crippen molar-refractivity contribution in [3.63, 3.8) is 0 Å². The highest BCUT2D eigenvalue weighted by Crippen LogP contribution is 2.28. The summed E-state index contributed by atoms with van der Waals surface area (Å²) in [5.41, 5.74) is 0. The van der Waals surface area contributed by atoms with E-state index in [9.17, 15) is 4.79 Å². The van der Waals surface area contributed by atoms with Gasteiger partial charge in [0.05, 0.1) is 0 Å². The van der Waals surface area contributed by atoms with Gasteiger partial charge in [-0.05, 0) is 38.0 Å². The number of rotatable bonds is 5. The van der Waals surface area contributed by atoms with E-state index in [1.54, 1.807) is 0 Å². The summed E-state index contributed by atoms with van der Waals surface area (Å²) >= 11 is 0. The van der Waals surface area contributed by atoms with E-state index < -0.39 is 0 Å². The van der Waals surface area contributed by atoms with E-state index in [0.717, 1.165) is 13.0 Å². The van der Waals surface area contributed by atoms with Crippen LogP contribution in [0.1, 0.15) is 46.0 Å². The van der Waals surface area contributed by atoms with Crippen LogP contribution in [-0.2, 0) is 0 Å². The molecule has 0 aromatic rings. The largest absolute Gasteiger partial charge is 0.335 e. The van der Waals surface area contributed by atoms with E-state index in [0.29, 0.717) is 18.0 Å². The number of nitrogens with zero attached hydrogens (tertiary/aromatic N) is 1. The highest BCUT2D eigenvalue weighted by Gasteiger charge is 2.34. The monoisotopic (exact) mass is 210 g/mol. The summed E-state index contributed by atoms with van der Waals surface area (Å²) in [7, 11) is 0. The molecule has 15 heavy (non-hydrogen) atoms. The summed E-state index contributed by atoms with van der Waals surface area (Å²) in [6.07, 6.45) is 5.88. The van der Waals surface area contributed by atoms with Gasteiger partial charge in [0, 0.05) is 18.6 Å². The van der Waals surface area contributed by atoms with Crippen molar-refractivity contribution in [3.8, 4) is 0 Å². The predicted molar refractivity (Wildman–Crippen MR) is 60.7 cm³/mol. The summed E-state index contributed by atoms with van der Waals surface area (Å²) in [4.78, 5) is 14.0. The third-order valence-electron chi connectivity index (χ3n) is 3.10. The normalized spacial score (nSPS) is 20.5. The Balaban J connectivity index is 1.78. The zero-order valence-electron chi connectivity index (χ0n) is 9.83. The second-order valence-electron chi connectivity index (χ2n) is 5.33. The highest BCUT2D eigenvalue weighted by molar-refractivity contribution is 5.75. The van der Waals surface area contributed by atoms with Crippen LogP contribution in [0, 0.1) is 5.92 Å². The zero-order chi connectivity index (χ0) is 10.8. The quantitative estimate of drug-likeness (QED) is 0.742. The lowest BCUT2D eigenvalue weighted by atomic mass is 10.1. The summed E-state index contributed by atoms with van der Waals surface area (Å²) in [5.74, 6) is 0.681. The molecule has 0 radical (unpaired) electrons. The summed E-state index contributed by atoms with van der Waals surface area (Å²) in [6.45, 7) is 5.36. The van der Waals surface area contributed by atoms with E-state index in [2.05, 4.69) is 24.1 Å². The second kappa shape index (κ2) is 4.42. The predicted octanol–water partition coefficient (Wildman–Crippen LogP) is 2.37. The van der Waals surface area contributed by atoms with Crippen molar-refractivity contribution in [2.45, 2.75) is 58.0 Å². The maximum atomic E-state index is 11.9. The standard InChI is InChI=1S/C12H22N2O/c1-9(2)7-8-14(11-5-6-11)12(15)13-10-3-4-10/h9-11H,3-8H2,1-2H3,(H,13,15). The molecule has 0 unspecified atom stereocenters. The van der Waals surface area contributed by atoms with Crippen LogP contribution < -0.4 is 5.32 Å². The molecule has 0 saturated heterocycles. The van der Waals surface area contributed by atoms with Crippen molar-refractivity contribution in [1.82, 2.24) is 10.2 Å². The first-order valence-corrected chi connectivity index (χ1v) is 6.24. The Morgan fingerprint density at radius 2 is 2.00 bits per heavy atom. The minimum Gasteiger partial charge on any atom is -0.335 e. The maximum Gasteiger partial charge on any atom is 0.317 e. The summed E-state index contributed by atoms with van der Waals surface area (Å²) in [6, 6.07) is 1.21. The van der Waals surface area contributed by atoms with Crippen LogP contribution in [0.25, 0.3) is 0 Å². The zero-order valence-corrected chi connectivity index (χ0v) is 9.83. The third kappa shape index (κ3) is 3.40. The van der Waals surface area contributed by atoms with Crippen molar-refractivity contribution >= 4 is 6.03 Å². The molecule has 1 N–H and O–H groups in total. The molecule has 86 valence electrons. The van der Waals surface area contributed by atoms with Gasteiger partial charge in [-0.2, -0.15) is 0 Å². The van der Waals surface area contributed by atoms with Gasteiger partial charge in [0.2, 0.25) is 0 Å². The molecule has 0 aliphatic heterocycles. The number of hydrogen-bond acceptors (Lipinski definition) is 1. The van der Waals surface area contributed by atoms with E-state index in [1.807, 2.05) is 0 Å². The number of amides is 2. The van der Waals surface area contributed by atoms with Crippen molar-refractivity contribution in [2.75, 3.05) is 6.54 Å². The first-order chi connectivity index (χ1) is 7.16. The highest BCUT2D eigenvalue weighted by atomic mass is 16.2. The van der Waals surface area contributed by atoms with Gasteiger partial charge < -0.3 is 10.2 Å². The van der Waals surface area contributed by atoms with Gasteiger partial charge in [0.25, 0.3) is 0 Å². The molecule has 2 amide bonds. The Kier molecular flexibility index (Phi) is 3.17. The number of hydrogen-bond donors (Lipinski definition) is 1. The van der Waals surface area contributed by atoms with Crippen molar-refractivity contribution in [3.05, 3.63) is 0 Å². The number of nitrogens with one attached hydrogen (secondary N) is 1. The van der Waals surface area contributed by atoms with E-state index in [-0.39, 0.29) is 6.03 Å². The topological polar surface area (TPSA) is 32.3 Å². The molecule has 2 rings (SSSR count). The van der Waals surface area contributed by atoms with Crippen LogP contribution in [0.5, 0.6) is 0 Å². The van der Waals surface area contributed by atoms with Crippen molar-refractivity contribution in [1.29, 1.82) is 0 Å². The van der Waals surface area contributed by atoms with Gasteiger partial charge in [-0.3, -0.25) is 0 Å². The smallest absolute Gasteiger partial charge is 0.317 e. The molecule has 0 heterocycles.